The van der Waals surface area contributed by atoms with Crippen molar-refractivity contribution in [1.82, 2.24) is 9.97 Å². The summed E-state index contributed by atoms with van der Waals surface area (Å²) in [5.41, 5.74) is 2.23. The quantitative estimate of drug-likeness (QED) is 0.485. The summed E-state index contributed by atoms with van der Waals surface area (Å²) in [6.07, 6.45) is 1.53. The number of carbonyl (C=O) groups is 1. The van der Waals surface area contributed by atoms with E-state index in [1.807, 2.05) is 65.6 Å². The van der Waals surface area contributed by atoms with E-state index >= 15 is 0 Å². The lowest BCUT2D eigenvalue weighted by atomic mass is 10.2. The number of rotatable bonds is 6. The van der Waals surface area contributed by atoms with Crippen LogP contribution in [0.15, 0.2) is 97.2 Å². The van der Waals surface area contributed by atoms with Crippen LogP contribution in [0.1, 0.15) is 16.1 Å². The van der Waals surface area contributed by atoms with E-state index in [0.717, 1.165) is 11.3 Å². The molecule has 30 heavy (non-hydrogen) atoms. The Balaban J connectivity index is 1.65. The molecule has 0 unspecified atom stereocenters. The number of carbonyl (C=O) groups excluding carboxylic acids is 1. The van der Waals surface area contributed by atoms with Gasteiger partial charge < -0.3 is 10.2 Å². The predicted molar refractivity (Wildman–Crippen MR) is 115 cm³/mol. The minimum Gasteiger partial charge on any atom is -0.318 e. The normalized spacial score (nSPS) is 10.4. The molecule has 6 heteroatoms. The molecule has 0 saturated carbocycles. The first-order chi connectivity index (χ1) is 14.7. The van der Waals surface area contributed by atoms with Crippen LogP contribution in [0.2, 0.25) is 0 Å². The molecule has 1 aromatic heterocycles. The summed E-state index contributed by atoms with van der Waals surface area (Å²) in [4.78, 5) is 23.4. The third-order valence-electron chi connectivity index (χ3n) is 4.49. The SMILES string of the molecule is O=C(Nc1ccccc1F)c1ccnc(N(Cc2ccccc2)c2ccccc2)n1. The van der Waals surface area contributed by atoms with Gasteiger partial charge >= 0.3 is 0 Å². The number of anilines is 3. The summed E-state index contributed by atoms with van der Waals surface area (Å²) >= 11 is 0. The fourth-order valence-corrected chi connectivity index (χ4v) is 3.01. The number of benzene rings is 3. The Kier molecular flexibility index (Phi) is 5.75. The molecule has 0 fully saturated rings. The summed E-state index contributed by atoms with van der Waals surface area (Å²) in [5, 5.41) is 2.56. The highest BCUT2D eigenvalue weighted by atomic mass is 19.1. The topological polar surface area (TPSA) is 58.1 Å². The first-order valence-electron chi connectivity index (χ1n) is 9.46. The van der Waals surface area contributed by atoms with Gasteiger partial charge in [0, 0.05) is 11.9 Å². The van der Waals surface area contributed by atoms with Gasteiger partial charge in [-0.25, -0.2) is 14.4 Å². The van der Waals surface area contributed by atoms with Crippen LogP contribution in [0.5, 0.6) is 0 Å². The number of hydrogen-bond donors (Lipinski definition) is 1. The molecule has 3 aromatic carbocycles. The molecule has 0 aliphatic rings. The molecule has 1 N–H and O–H groups in total. The number of nitrogens with zero attached hydrogens (tertiary/aromatic N) is 3. The molecule has 1 amide bonds. The zero-order valence-corrected chi connectivity index (χ0v) is 16.1. The second-order valence-electron chi connectivity index (χ2n) is 6.58. The highest BCUT2D eigenvalue weighted by Crippen LogP contribution is 2.24. The second kappa shape index (κ2) is 8.96. The third kappa shape index (κ3) is 4.50. The highest BCUT2D eigenvalue weighted by Gasteiger charge is 2.16. The molecule has 148 valence electrons. The third-order valence-corrected chi connectivity index (χ3v) is 4.49. The largest absolute Gasteiger partial charge is 0.318 e. The van der Waals surface area contributed by atoms with Gasteiger partial charge in [-0.05, 0) is 35.9 Å². The molecular formula is C24H19FN4O. The van der Waals surface area contributed by atoms with E-state index in [2.05, 4.69) is 15.3 Å². The van der Waals surface area contributed by atoms with Crippen LogP contribution in [0.3, 0.4) is 0 Å². The molecule has 0 aliphatic carbocycles. The minimum atomic E-state index is -0.505. The van der Waals surface area contributed by atoms with Crippen LogP contribution in [0, 0.1) is 5.82 Å². The van der Waals surface area contributed by atoms with Crippen molar-refractivity contribution in [3.63, 3.8) is 0 Å². The fourth-order valence-electron chi connectivity index (χ4n) is 3.01. The van der Waals surface area contributed by atoms with Gasteiger partial charge in [0.05, 0.1) is 12.2 Å². The Hall–Kier alpha value is -4.06. The Bertz CT molecular complexity index is 1140. The van der Waals surface area contributed by atoms with Gasteiger partial charge in [0.15, 0.2) is 0 Å². The average molecular weight is 398 g/mol. The minimum absolute atomic E-state index is 0.104. The van der Waals surface area contributed by atoms with Crippen molar-refractivity contribution in [3.05, 3.63) is 114 Å². The van der Waals surface area contributed by atoms with Gasteiger partial charge in [0.25, 0.3) is 5.91 Å². The zero-order valence-electron chi connectivity index (χ0n) is 16.1. The Morgan fingerprint density at radius 3 is 2.27 bits per heavy atom. The summed E-state index contributed by atoms with van der Waals surface area (Å²) in [6, 6.07) is 27.2. The van der Waals surface area contributed by atoms with Crippen molar-refractivity contribution in [1.29, 1.82) is 0 Å². The number of halogens is 1. The number of hydrogen-bond acceptors (Lipinski definition) is 4. The Morgan fingerprint density at radius 2 is 1.53 bits per heavy atom. The number of aromatic nitrogens is 2. The lowest BCUT2D eigenvalue weighted by Gasteiger charge is -2.23. The molecule has 1 heterocycles. The fraction of sp³-hybridized carbons (Fsp3) is 0.0417. The van der Waals surface area contributed by atoms with Gasteiger partial charge in [0.1, 0.15) is 11.5 Å². The molecular weight excluding hydrogens is 379 g/mol. The smallest absolute Gasteiger partial charge is 0.274 e. The van der Waals surface area contributed by atoms with Gasteiger partial charge in [-0.2, -0.15) is 0 Å². The van der Waals surface area contributed by atoms with Gasteiger partial charge in [-0.1, -0.05) is 60.7 Å². The Morgan fingerprint density at radius 1 is 0.867 bits per heavy atom. The molecule has 5 nitrogen and oxygen atoms in total. The van der Waals surface area contributed by atoms with Crippen LogP contribution >= 0.6 is 0 Å². The molecule has 0 saturated heterocycles. The van der Waals surface area contributed by atoms with Crippen molar-refractivity contribution < 1.29 is 9.18 Å². The maximum absolute atomic E-state index is 13.9. The molecule has 4 aromatic rings. The average Bonchev–Trinajstić information content (AvgIpc) is 2.80. The van der Waals surface area contributed by atoms with E-state index in [9.17, 15) is 9.18 Å². The van der Waals surface area contributed by atoms with Crippen molar-refractivity contribution in [2.45, 2.75) is 6.54 Å². The van der Waals surface area contributed by atoms with Gasteiger partial charge in [-0.15, -0.1) is 0 Å². The van der Waals surface area contributed by atoms with Crippen molar-refractivity contribution in [2.75, 3.05) is 10.2 Å². The summed E-state index contributed by atoms with van der Waals surface area (Å²) in [6.45, 7) is 0.531. The van der Waals surface area contributed by atoms with E-state index in [-0.39, 0.29) is 11.4 Å². The number of amides is 1. The monoisotopic (exact) mass is 398 g/mol. The van der Waals surface area contributed by atoms with Crippen molar-refractivity contribution >= 4 is 23.2 Å². The van der Waals surface area contributed by atoms with Crippen LogP contribution in [0.25, 0.3) is 0 Å². The molecule has 0 spiro atoms. The highest BCUT2D eigenvalue weighted by molar-refractivity contribution is 6.03. The van der Waals surface area contributed by atoms with Crippen LogP contribution in [-0.2, 0) is 6.54 Å². The molecule has 4 rings (SSSR count). The van der Waals surface area contributed by atoms with E-state index < -0.39 is 11.7 Å². The second-order valence-corrected chi connectivity index (χ2v) is 6.58. The number of nitrogens with one attached hydrogen (secondary N) is 1. The van der Waals surface area contributed by atoms with Crippen LogP contribution in [-0.4, -0.2) is 15.9 Å². The molecule has 0 radical (unpaired) electrons. The Labute approximate surface area is 173 Å². The van der Waals surface area contributed by atoms with E-state index in [4.69, 9.17) is 0 Å². The standard InChI is InChI=1S/C24H19FN4O/c25-20-13-7-8-14-21(20)27-23(30)22-15-16-26-24(28-22)29(19-11-5-2-6-12-19)17-18-9-3-1-4-10-18/h1-16H,17H2,(H,27,30). The maximum atomic E-state index is 13.9. The van der Waals surface area contributed by atoms with Gasteiger partial charge in [0.2, 0.25) is 5.95 Å². The molecule has 0 bridgehead atoms. The maximum Gasteiger partial charge on any atom is 0.274 e. The zero-order chi connectivity index (χ0) is 20.8. The van der Waals surface area contributed by atoms with Crippen molar-refractivity contribution in [2.24, 2.45) is 0 Å². The van der Waals surface area contributed by atoms with E-state index in [1.54, 1.807) is 12.1 Å². The summed E-state index contributed by atoms with van der Waals surface area (Å²) < 4.78 is 13.9. The first kappa shape index (κ1) is 19.3. The van der Waals surface area contributed by atoms with Gasteiger partial charge in [-0.3, -0.25) is 4.79 Å². The molecule has 0 atom stereocenters. The summed E-state index contributed by atoms with van der Waals surface area (Å²) in [7, 11) is 0. The summed E-state index contributed by atoms with van der Waals surface area (Å²) in [5.74, 6) is -0.627. The van der Waals surface area contributed by atoms with Crippen LogP contribution < -0.4 is 10.2 Å². The van der Waals surface area contributed by atoms with Crippen LogP contribution in [0.4, 0.5) is 21.7 Å². The van der Waals surface area contributed by atoms with E-state index in [1.165, 1.54) is 24.4 Å². The molecule has 0 aliphatic heterocycles. The predicted octanol–water partition coefficient (Wildman–Crippen LogP) is 5.21. The lowest BCUT2D eigenvalue weighted by Crippen LogP contribution is -2.21. The first-order valence-corrected chi connectivity index (χ1v) is 9.46. The van der Waals surface area contributed by atoms with Crippen molar-refractivity contribution in [3.8, 4) is 0 Å². The lowest BCUT2D eigenvalue weighted by molar-refractivity contribution is 0.102. The van der Waals surface area contributed by atoms with E-state index in [0.29, 0.717) is 12.5 Å². The number of para-hydroxylation sites is 2.